The molecule has 2 aromatic carbocycles. The number of nitrogens with zero attached hydrogens (tertiary/aromatic N) is 1. The average Bonchev–Trinajstić information content (AvgIpc) is 2.57. The molecule has 0 amide bonds. The molecule has 0 aliphatic rings. The molecule has 0 unspecified atom stereocenters. The van der Waals surface area contributed by atoms with Crippen LogP contribution in [0.1, 0.15) is 11.1 Å². The predicted octanol–water partition coefficient (Wildman–Crippen LogP) is 5.30. The van der Waals surface area contributed by atoms with E-state index in [1.807, 2.05) is 42.7 Å². The number of aryl methyl sites for hydroxylation is 1. The van der Waals surface area contributed by atoms with Gasteiger partial charge in [-0.2, -0.15) is 0 Å². The summed E-state index contributed by atoms with van der Waals surface area (Å²) in [6, 6.07) is 18.6. The minimum absolute atomic E-state index is 1.07. The van der Waals surface area contributed by atoms with Crippen molar-refractivity contribution < 1.29 is 0 Å². The number of benzene rings is 2. The summed E-state index contributed by atoms with van der Waals surface area (Å²) in [5, 5.41) is 4.54. The van der Waals surface area contributed by atoms with E-state index in [-0.39, 0.29) is 0 Å². The van der Waals surface area contributed by atoms with Crippen LogP contribution in [0.25, 0.3) is 17.0 Å². The van der Waals surface area contributed by atoms with E-state index < -0.39 is 0 Å². The van der Waals surface area contributed by atoms with E-state index in [1.165, 1.54) is 10.9 Å². The lowest BCUT2D eigenvalue weighted by atomic mass is 10.0. The highest BCUT2D eigenvalue weighted by Gasteiger charge is 2.04. The average molecular weight is 400 g/mol. The maximum absolute atomic E-state index is 4.57. The third-order valence-corrected chi connectivity index (χ3v) is 4.08. The lowest BCUT2D eigenvalue weighted by Crippen LogP contribution is -1.92. The molecule has 2 nitrogen and oxygen atoms in total. The molecule has 3 heteroatoms. The van der Waals surface area contributed by atoms with Crippen molar-refractivity contribution in [3.05, 3.63) is 78.1 Å². The van der Waals surface area contributed by atoms with Crippen LogP contribution < -0.4 is 5.32 Å². The number of pyridine rings is 1. The lowest BCUT2D eigenvalue weighted by molar-refractivity contribution is 1.19. The Balaban J connectivity index is 1.89. The Hall–Kier alpha value is -1.88. The molecule has 0 aliphatic heterocycles. The molecular weight excluding hydrogens is 383 g/mol. The molecular formula is C19H17IN2. The Kier molecular flexibility index (Phi) is 5.06. The number of alkyl halides is 1. The minimum Gasteiger partial charge on any atom is -0.362 e. The van der Waals surface area contributed by atoms with E-state index >= 15 is 0 Å². The zero-order valence-electron chi connectivity index (χ0n) is 12.2. The van der Waals surface area contributed by atoms with Crippen molar-refractivity contribution >= 4 is 45.3 Å². The fourth-order valence-corrected chi connectivity index (χ4v) is 3.05. The summed E-state index contributed by atoms with van der Waals surface area (Å²) in [6.45, 7) is 0. The van der Waals surface area contributed by atoms with E-state index in [2.05, 4.69) is 63.2 Å². The van der Waals surface area contributed by atoms with Crippen LogP contribution in [0.2, 0.25) is 0 Å². The first kappa shape index (κ1) is 15.0. The highest BCUT2D eigenvalue weighted by molar-refractivity contribution is 14.1. The molecule has 3 rings (SSSR count). The molecule has 1 N–H and O–H groups in total. The standard InChI is InChI=1S/C19H17IN2/c20-12-9-15-10-14-22-19-16(5-4-8-18(15)19)11-13-21-17-6-2-1-3-7-17/h1-8,10-11,13-14,21H,9,12H2/b13-11+. The van der Waals surface area contributed by atoms with Gasteiger partial charge in [-0.3, -0.25) is 4.98 Å². The van der Waals surface area contributed by atoms with E-state index in [9.17, 15) is 0 Å². The zero-order valence-corrected chi connectivity index (χ0v) is 14.3. The number of fused-ring (bicyclic) bond motifs is 1. The first-order chi connectivity index (χ1) is 10.9. The number of hydrogen-bond donors (Lipinski definition) is 1. The van der Waals surface area contributed by atoms with Crippen molar-refractivity contribution in [1.29, 1.82) is 0 Å². The highest BCUT2D eigenvalue weighted by atomic mass is 127. The summed E-state index contributed by atoms with van der Waals surface area (Å²) in [6.07, 6.45) is 7.04. The van der Waals surface area contributed by atoms with Gasteiger partial charge in [-0.25, -0.2) is 0 Å². The molecule has 110 valence electrons. The van der Waals surface area contributed by atoms with E-state index in [4.69, 9.17) is 0 Å². The van der Waals surface area contributed by atoms with E-state index in [0.717, 1.165) is 27.6 Å². The Bertz CT molecular complexity index is 782. The Morgan fingerprint density at radius 3 is 2.68 bits per heavy atom. The second kappa shape index (κ2) is 7.40. The predicted molar refractivity (Wildman–Crippen MR) is 103 cm³/mol. The summed E-state index contributed by atoms with van der Waals surface area (Å²) in [7, 11) is 0. The highest BCUT2D eigenvalue weighted by Crippen LogP contribution is 2.22. The summed E-state index contributed by atoms with van der Waals surface area (Å²) in [5.74, 6) is 0. The second-order valence-electron chi connectivity index (χ2n) is 5.00. The monoisotopic (exact) mass is 400 g/mol. The van der Waals surface area contributed by atoms with Crippen molar-refractivity contribution in [1.82, 2.24) is 4.98 Å². The number of anilines is 1. The SMILES string of the molecule is ICCc1ccnc2c(/C=C/Nc3ccccc3)cccc12. The maximum Gasteiger partial charge on any atom is 0.0777 e. The molecule has 22 heavy (non-hydrogen) atoms. The Morgan fingerprint density at radius 1 is 1.00 bits per heavy atom. The van der Waals surface area contributed by atoms with Gasteiger partial charge in [0.25, 0.3) is 0 Å². The molecule has 0 bridgehead atoms. The number of aromatic nitrogens is 1. The van der Waals surface area contributed by atoms with Crippen molar-refractivity contribution in [2.24, 2.45) is 0 Å². The molecule has 1 heterocycles. The van der Waals surface area contributed by atoms with Gasteiger partial charge in [-0.15, -0.1) is 0 Å². The van der Waals surface area contributed by atoms with E-state index in [0.29, 0.717) is 0 Å². The van der Waals surface area contributed by atoms with Gasteiger partial charge in [0.1, 0.15) is 0 Å². The molecule has 0 saturated heterocycles. The van der Waals surface area contributed by atoms with Crippen LogP contribution in [-0.2, 0) is 6.42 Å². The van der Waals surface area contributed by atoms with Gasteiger partial charge >= 0.3 is 0 Å². The van der Waals surface area contributed by atoms with Crippen LogP contribution in [0.4, 0.5) is 5.69 Å². The van der Waals surface area contributed by atoms with Gasteiger partial charge in [0.15, 0.2) is 0 Å². The summed E-state index contributed by atoms with van der Waals surface area (Å²) in [5.41, 5.74) is 4.65. The maximum atomic E-state index is 4.57. The van der Waals surface area contributed by atoms with Crippen molar-refractivity contribution in [2.75, 3.05) is 9.74 Å². The van der Waals surface area contributed by atoms with Gasteiger partial charge in [-0.1, -0.05) is 59.0 Å². The molecule has 0 aliphatic carbocycles. The Labute approximate surface area is 144 Å². The summed E-state index contributed by atoms with van der Waals surface area (Å²) >= 11 is 2.42. The lowest BCUT2D eigenvalue weighted by Gasteiger charge is -2.07. The van der Waals surface area contributed by atoms with Crippen LogP contribution in [0.5, 0.6) is 0 Å². The molecule has 1 aromatic heterocycles. The number of nitrogens with one attached hydrogen (secondary N) is 1. The van der Waals surface area contributed by atoms with Crippen molar-refractivity contribution in [3.8, 4) is 0 Å². The molecule has 0 spiro atoms. The summed E-state index contributed by atoms with van der Waals surface area (Å²) in [4.78, 5) is 4.57. The normalized spacial score (nSPS) is 11.1. The van der Waals surface area contributed by atoms with Gasteiger partial charge in [0, 0.05) is 33.5 Å². The fourth-order valence-electron chi connectivity index (χ4n) is 2.47. The van der Waals surface area contributed by atoms with Crippen molar-refractivity contribution in [2.45, 2.75) is 6.42 Å². The number of rotatable bonds is 5. The summed E-state index contributed by atoms with van der Waals surface area (Å²) < 4.78 is 1.12. The van der Waals surface area contributed by atoms with Crippen LogP contribution >= 0.6 is 22.6 Å². The molecule has 0 radical (unpaired) electrons. The first-order valence-electron chi connectivity index (χ1n) is 7.29. The first-order valence-corrected chi connectivity index (χ1v) is 8.82. The topological polar surface area (TPSA) is 24.9 Å². The fraction of sp³-hybridized carbons (Fsp3) is 0.105. The smallest absolute Gasteiger partial charge is 0.0777 e. The van der Waals surface area contributed by atoms with Gasteiger partial charge in [-0.05, 0) is 36.3 Å². The Morgan fingerprint density at radius 2 is 1.86 bits per heavy atom. The third kappa shape index (κ3) is 3.47. The van der Waals surface area contributed by atoms with Crippen LogP contribution in [0.3, 0.4) is 0 Å². The second-order valence-corrected chi connectivity index (χ2v) is 6.07. The number of para-hydroxylation sites is 2. The van der Waals surface area contributed by atoms with Crippen LogP contribution in [-0.4, -0.2) is 9.41 Å². The molecule has 0 fully saturated rings. The van der Waals surface area contributed by atoms with Crippen molar-refractivity contribution in [3.63, 3.8) is 0 Å². The van der Waals surface area contributed by atoms with Gasteiger partial charge in [0.05, 0.1) is 5.52 Å². The van der Waals surface area contributed by atoms with Gasteiger partial charge in [0.2, 0.25) is 0 Å². The number of halogens is 1. The van der Waals surface area contributed by atoms with Crippen LogP contribution in [0, 0.1) is 0 Å². The molecule has 0 saturated carbocycles. The minimum atomic E-state index is 1.07. The third-order valence-electron chi connectivity index (χ3n) is 3.54. The zero-order chi connectivity index (χ0) is 15.2. The van der Waals surface area contributed by atoms with Crippen LogP contribution in [0.15, 0.2) is 67.0 Å². The van der Waals surface area contributed by atoms with E-state index in [1.54, 1.807) is 0 Å². The molecule has 3 aromatic rings. The largest absolute Gasteiger partial charge is 0.362 e. The van der Waals surface area contributed by atoms with Gasteiger partial charge < -0.3 is 5.32 Å². The quantitative estimate of drug-likeness (QED) is 0.465. The molecule has 0 atom stereocenters. The number of hydrogen-bond acceptors (Lipinski definition) is 2.